The number of nitrogens with two attached hydrogens (primary N) is 1. The molecule has 3 nitrogen and oxygen atoms in total. The van der Waals surface area contributed by atoms with Gasteiger partial charge in [0.25, 0.3) is 0 Å². The van der Waals surface area contributed by atoms with Crippen molar-refractivity contribution in [3.05, 3.63) is 59.4 Å². The van der Waals surface area contributed by atoms with E-state index in [1.165, 1.54) is 6.07 Å². The van der Waals surface area contributed by atoms with Crippen molar-refractivity contribution in [1.29, 1.82) is 0 Å². The Balaban J connectivity index is 2.35. The first-order valence-corrected chi connectivity index (χ1v) is 6.03. The summed E-state index contributed by atoms with van der Waals surface area (Å²) in [6.45, 7) is 1.63. The molecule has 0 saturated heterocycles. The first kappa shape index (κ1) is 13.5. The second-order valence-corrected chi connectivity index (χ2v) is 4.35. The van der Waals surface area contributed by atoms with Crippen LogP contribution >= 0.6 is 0 Å². The molecule has 19 heavy (non-hydrogen) atoms. The Morgan fingerprint density at radius 3 is 2.68 bits per heavy atom. The van der Waals surface area contributed by atoms with Crippen LogP contribution in [-0.2, 0) is 6.61 Å². The molecule has 4 heteroatoms. The zero-order valence-electron chi connectivity index (χ0n) is 10.6. The second-order valence-electron chi connectivity index (χ2n) is 4.35. The SMILES string of the molecule is CC(N)c1c(F)cccc1Oc1cccc(CO)c1. The van der Waals surface area contributed by atoms with Gasteiger partial charge in [-0.3, -0.25) is 0 Å². The Hall–Kier alpha value is -1.91. The van der Waals surface area contributed by atoms with Gasteiger partial charge in [0.1, 0.15) is 17.3 Å². The molecule has 0 heterocycles. The largest absolute Gasteiger partial charge is 0.457 e. The van der Waals surface area contributed by atoms with Crippen LogP contribution < -0.4 is 10.5 Å². The fourth-order valence-corrected chi connectivity index (χ4v) is 1.88. The summed E-state index contributed by atoms with van der Waals surface area (Å²) < 4.78 is 19.4. The van der Waals surface area contributed by atoms with E-state index in [0.29, 0.717) is 17.1 Å². The Morgan fingerprint density at radius 1 is 1.26 bits per heavy atom. The lowest BCUT2D eigenvalue weighted by atomic mass is 10.1. The summed E-state index contributed by atoms with van der Waals surface area (Å²) in [5.41, 5.74) is 6.84. The summed E-state index contributed by atoms with van der Waals surface area (Å²) in [5, 5.41) is 9.08. The van der Waals surface area contributed by atoms with E-state index in [9.17, 15) is 4.39 Å². The molecule has 0 aromatic heterocycles. The summed E-state index contributed by atoms with van der Waals surface area (Å²) in [6.07, 6.45) is 0. The highest BCUT2D eigenvalue weighted by atomic mass is 19.1. The van der Waals surface area contributed by atoms with Gasteiger partial charge < -0.3 is 15.6 Å². The summed E-state index contributed by atoms with van der Waals surface area (Å²) >= 11 is 0. The number of halogens is 1. The molecular weight excluding hydrogens is 245 g/mol. The second kappa shape index (κ2) is 5.82. The highest BCUT2D eigenvalue weighted by Gasteiger charge is 2.14. The predicted octanol–water partition coefficient (Wildman–Crippen LogP) is 3.13. The molecule has 0 saturated carbocycles. The lowest BCUT2D eigenvalue weighted by molar-refractivity contribution is 0.281. The molecule has 0 aliphatic carbocycles. The van der Waals surface area contributed by atoms with Gasteiger partial charge in [0.05, 0.1) is 6.61 Å². The Bertz CT molecular complexity index is 570. The summed E-state index contributed by atoms with van der Waals surface area (Å²) in [7, 11) is 0. The number of aliphatic hydroxyl groups excluding tert-OH is 1. The van der Waals surface area contributed by atoms with E-state index in [4.69, 9.17) is 15.6 Å². The standard InChI is InChI=1S/C15H16FNO2/c1-10(17)15-13(16)6-3-7-14(15)19-12-5-2-4-11(8-12)9-18/h2-8,10,18H,9,17H2,1H3. The topological polar surface area (TPSA) is 55.5 Å². The monoisotopic (exact) mass is 261 g/mol. The maximum atomic E-state index is 13.7. The van der Waals surface area contributed by atoms with Crippen molar-refractivity contribution in [2.45, 2.75) is 19.6 Å². The number of aliphatic hydroxyl groups is 1. The van der Waals surface area contributed by atoms with Crippen molar-refractivity contribution in [3.63, 3.8) is 0 Å². The van der Waals surface area contributed by atoms with Gasteiger partial charge in [0, 0.05) is 11.6 Å². The number of hydrogen-bond donors (Lipinski definition) is 2. The molecule has 2 aromatic carbocycles. The third-order valence-corrected chi connectivity index (χ3v) is 2.78. The Kier molecular flexibility index (Phi) is 4.14. The minimum Gasteiger partial charge on any atom is -0.457 e. The molecule has 1 unspecified atom stereocenters. The molecule has 2 rings (SSSR count). The van der Waals surface area contributed by atoms with Gasteiger partial charge in [-0.25, -0.2) is 4.39 Å². The zero-order valence-corrected chi connectivity index (χ0v) is 10.6. The van der Waals surface area contributed by atoms with Gasteiger partial charge in [-0.2, -0.15) is 0 Å². The Morgan fingerprint density at radius 2 is 2.00 bits per heavy atom. The van der Waals surface area contributed by atoms with Crippen LogP contribution in [0, 0.1) is 5.82 Å². The quantitative estimate of drug-likeness (QED) is 0.889. The van der Waals surface area contributed by atoms with E-state index in [1.807, 2.05) is 0 Å². The fourth-order valence-electron chi connectivity index (χ4n) is 1.88. The van der Waals surface area contributed by atoms with Crippen molar-refractivity contribution >= 4 is 0 Å². The van der Waals surface area contributed by atoms with E-state index in [-0.39, 0.29) is 12.4 Å². The third-order valence-electron chi connectivity index (χ3n) is 2.78. The lowest BCUT2D eigenvalue weighted by Gasteiger charge is -2.14. The summed E-state index contributed by atoms with van der Waals surface area (Å²) in [4.78, 5) is 0. The average Bonchev–Trinajstić information content (AvgIpc) is 2.38. The highest BCUT2D eigenvalue weighted by Crippen LogP contribution is 2.31. The van der Waals surface area contributed by atoms with Crippen LogP contribution in [0.25, 0.3) is 0 Å². The minimum atomic E-state index is -0.461. The van der Waals surface area contributed by atoms with Gasteiger partial charge >= 0.3 is 0 Å². The normalized spacial score (nSPS) is 12.2. The number of ether oxygens (including phenoxy) is 1. The maximum Gasteiger partial charge on any atom is 0.135 e. The molecule has 0 amide bonds. The van der Waals surface area contributed by atoms with Gasteiger partial charge in [-0.1, -0.05) is 18.2 Å². The number of hydrogen-bond acceptors (Lipinski definition) is 3. The molecule has 0 bridgehead atoms. The van der Waals surface area contributed by atoms with E-state index in [2.05, 4.69) is 0 Å². The molecular formula is C15H16FNO2. The summed E-state index contributed by atoms with van der Waals surface area (Å²) in [6, 6.07) is 11.1. The molecule has 100 valence electrons. The zero-order chi connectivity index (χ0) is 13.8. The van der Waals surface area contributed by atoms with Crippen molar-refractivity contribution in [1.82, 2.24) is 0 Å². The minimum absolute atomic E-state index is 0.0689. The molecule has 3 N–H and O–H groups in total. The van der Waals surface area contributed by atoms with Crippen LogP contribution in [-0.4, -0.2) is 5.11 Å². The Labute approximate surface area is 111 Å². The van der Waals surface area contributed by atoms with Gasteiger partial charge in [0.15, 0.2) is 0 Å². The molecule has 0 aliphatic rings. The molecule has 0 radical (unpaired) electrons. The average molecular weight is 261 g/mol. The van der Waals surface area contributed by atoms with Gasteiger partial charge in [-0.15, -0.1) is 0 Å². The summed E-state index contributed by atoms with van der Waals surface area (Å²) in [5.74, 6) is 0.551. The van der Waals surface area contributed by atoms with Crippen LogP contribution in [0.15, 0.2) is 42.5 Å². The van der Waals surface area contributed by atoms with Crippen LogP contribution in [0.1, 0.15) is 24.1 Å². The van der Waals surface area contributed by atoms with Crippen LogP contribution in [0.3, 0.4) is 0 Å². The van der Waals surface area contributed by atoms with Gasteiger partial charge in [0.2, 0.25) is 0 Å². The predicted molar refractivity (Wildman–Crippen MR) is 71.4 cm³/mol. The number of rotatable bonds is 4. The van der Waals surface area contributed by atoms with E-state index in [0.717, 1.165) is 5.56 Å². The van der Waals surface area contributed by atoms with Crippen LogP contribution in [0.5, 0.6) is 11.5 Å². The van der Waals surface area contributed by atoms with E-state index >= 15 is 0 Å². The maximum absolute atomic E-state index is 13.7. The third kappa shape index (κ3) is 3.10. The van der Waals surface area contributed by atoms with Crippen LogP contribution in [0.2, 0.25) is 0 Å². The van der Waals surface area contributed by atoms with E-state index < -0.39 is 6.04 Å². The lowest BCUT2D eigenvalue weighted by Crippen LogP contribution is -2.09. The molecule has 0 spiro atoms. The molecule has 2 aromatic rings. The molecule has 0 fully saturated rings. The molecule has 1 atom stereocenters. The van der Waals surface area contributed by atoms with Crippen molar-refractivity contribution < 1.29 is 14.2 Å². The molecule has 0 aliphatic heterocycles. The highest BCUT2D eigenvalue weighted by molar-refractivity contribution is 5.41. The number of benzene rings is 2. The smallest absolute Gasteiger partial charge is 0.135 e. The van der Waals surface area contributed by atoms with Crippen molar-refractivity contribution in [2.24, 2.45) is 5.73 Å². The first-order valence-electron chi connectivity index (χ1n) is 6.03. The van der Waals surface area contributed by atoms with Crippen molar-refractivity contribution in [2.75, 3.05) is 0 Å². The van der Waals surface area contributed by atoms with Crippen LogP contribution in [0.4, 0.5) is 4.39 Å². The van der Waals surface area contributed by atoms with Gasteiger partial charge in [-0.05, 0) is 36.8 Å². The first-order chi connectivity index (χ1) is 9.11. The van der Waals surface area contributed by atoms with E-state index in [1.54, 1.807) is 43.3 Å². The fraction of sp³-hybridized carbons (Fsp3) is 0.200. The van der Waals surface area contributed by atoms with Crippen molar-refractivity contribution in [3.8, 4) is 11.5 Å².